The van der Waals surface area contributed by atoms with E-state index < -0.39 is 0 Å². The number of aromatic nitrogens is 2. The van der Waals surface area contributed by atoms with Crippen molar-refractivity contribution in [1.29, 1.82) is 0 Å². The van der Waals surface area contributed by atoms with Crippen LogP contribution in [0.15, 0.2) is 36.5 Å². The van der Waals surface area contributed by atoms with E-state index in [2.05, 4.69) is 27.4 Å². The molecular formula is C14H12ClN3O. The van der Waals surface area contributed by atoms with Crippen LogP contribution < -0.4 is 5.32 Å². The minimum atomic E-state index is -0.0570. The second-order valence-corrected chi connectivity index (χ2v) is 4.95. The molecule has 0 fully saturated rings. The molecular weight excluding hydrogens is 262 g/mol. The van der Waals surface area contributed by atoms with Gasteiger partial charge in [0, 0.05) is 12.1 Å². The number of hydrogen-bond donors (Lipinski definition) is 1. The van der Waals surface area contributed by atoms with Gasteiger partial charge in [-0.2, -0.15) is 0 Å². The number of anilines is 1. The summed E-state index contributed by atoms with van der Waals surface area (Å²) in [7, 11) is 0. The van der Waals surface area contributed by atoms with Crippen molar-refractivity contribution in [3.05, 3.63) is 52.8 Å². The zero-order valence-electron chi connectivity index (χ0n) is 10.1. The van der Waals surface area contributed by atoms with Gasteiger partial charge in [0.2, 0.25) is 11.9 Å². The molecule has 1 heterocycles. The lowest BCUT2D eigenvalue weighted by Crippen LogP contribution is -2.24. The highest BCUT2D eigenvalue weighted by molar-refractivity contribution is 6.29. The highest BCUT2D eigenvalue weighted by atomic mass is 35.5. The summed E-state index contributed by atoms with van der Waals surface area (Å²) in [6, 6.07) is 9.71. The van der Waals surface area contributed by atoms with Crippen molar-refractivity contribution in [2.45, 2.75) is 12.8 Å². The summed E-state index contributed by atoms with van der Waals surface area (Å²) in [6.07, 6.45) is 3.06. The monoisotopic (exact) mass is 273 g/mol. The van der Waals surface area contributed by atoms with Crippen LogP contribution in [0.2, 0.25) is 5.15 Å². The van der Waals surface area contributed by atoms with E-state index in [0.29, 0.717) is 5.15 Å². The molecule has 0 bridgehead atoms. The van der Waals surface area contributed by atoms with Crippen LogP contribution in [0.5, 0.6) is 0 Å². The number of carbonyl (C=O) groups excluding carboxylic acids is 1. The Morgan fingerprint density at radius 2 is 1.89 bits per heavy atom. The molecule has 1 N–H and O–H groups in total. The summed E-state index contributed by atoms with van der Waals surface area (Å²) in [5.74, 6) is 0.145. The van der Waals surface area contributed by atoms with Crippen molar-refractivity contribution in [3.63, 3.8) is 0 Å². The maximum absolute atomic E-state index is 12.2. The smallest absolute Gasteiger partial charge is 0.230 e. The molecule has 0 spiro atoms. The molecule has 1 aliphatic carbocycles. The molecule has 4 nitrogen and oxygen atoms in total. The number of amides is 1. The van der Waals surface area contributed by atoms with Crippen molar-refractivity contribution in [2.75, 3.05) is 5.32 Å². The van der Waals surface area contributed by atoms with Gasteiger partial charge in [0.25, 0.3) is 0 Å². The Kier molecular flexibility index (Phi) is 3.17. The lowest BCUT2D eigenvalue weighted by molar-refractivity contribution is -0.119. The molecule has 3 rings (SSSR count). The third kappa shape index (κ3) is 2.58. The lowest BCUT2D eigenvalue weighted by Gasteiger charge is -2.08. The molecule has 0 aliphatic heterocycles. The number of rotatable bonds is 2. The standard InChI is InChI=1S/C14H12ClN3O/c15-12-5-6-16-14(17-12)18-13(19)11-7-9-3-1-2-4-10(9)8-11/h1-6,11H,7-8H2,(H,16,17,18,19). The van der Waals surface area contributed by atoms with Gasteiger partial charge in [-0.1, -0.05) is 35.9 Å². The number of hydrogen-bond acceptors (Lipinski definition) is 3. The molecule has 19 heavy (non-hydrogen) atoms. The Hall–Kier alpha value is -1.94. The summed E-state index contributed by atoms with van der Waals surface area (Å²) in [6.45, 7) is 0. The third-order valence-electron chi connectivity index (χ3n) is 3.28. The normalized spacial score (nSPS) is 14.2. The molecule has 0 saturated heterocycles. The summed E-state index contributed by atoms with van der Waals surface area (Å²) in [5.41, 5.74) is 2.49. The van der Waals surface area contributed by atoms with Crippen LogP contribution in [-0.2, 0) is 17.6 Å². The van der Waals surface area contributed by atoms with Gasteiger partial charge >= 0.3 is 0 Å². The minimum Gasteiger partial charge on any atom is -0.294 e. The molecule has 1 aliphatic rings. The Labute approximate surface area is 115 Å². The second kappa shape index (κ2) is 4.97. The average Bonchev–Trinajstić information content (AvgIpc) is 2.82. The number of carbonyl (C=O) groups is 1. The molecule has 0 radical (unpaired) electrons. The van der Waals surface area contributed by atoms with Gasteiger partial charge in [-0.25, -0.2) is 9.97 Å². The topological polar surface area (TPSA) is 54.9 Å². The molecule has 0 unspecified atom stereocenters. The van der Waals surface area contributed by atoms with Crippen LogP contribution in [-0.4, -0.2) is 15.9 Å². The van der Waals surface area contributed by atoms with Crippen molar-refractivity contribution < 1.29 is 4.79 Å². The molecule has 96 valence electrons. The van der Waals surface area contributed by atoms with Gasteiger partial charge < -0.3 is 0 Å². The van der Waals surface area contributed by atoms with E-state index in [1.165, 1.54) is 17.3 Å². The predicted octanol–water partition coefficient (Wildman–Crippen LogP) is 2.48. The van der Waals surface area contributed by atoms with Gasteiger partial charge in [0.05, 0.1) is 0 Å². The molecule has 1 aromatic carbocycles. The summed E-state index contributed by atoms with van der Waals surface area (Å²) in [4.78, 5) is 20.1. The van der Waals surface area contributed by atoms with Crippen molar-refractivity contribution in [1.82, 2.24) is 9.97 Å². The molecule has 1 amide bonds. The Morgan fingerprint density at radius 1 is 1.21 bits per heavy atom. The van der Waals surface area contributed by atoms with Crippen LogP contribution >= 0.6 is 11.6 Å². The molecule has 0 saturated carbocycles. The predicted molar refractivity (Wildman–Crippen MR) is 73.0 cm³/mol. The van der Waals surface area contributed by atoms with Crippen LogP contribution in [0.1, 0.15) is 11.1 Å². The molecule has 5 heteroatoms. The molecule has 0 atom stereocenters. The quantitative estimate of drug-likeness (QED) is 0.856. The van der Waals surface area contributed by atoms with Gasteiger partial charge in [-0.3, -0.25) is 10.1 Å². The van der Waals surface area contributed by atoms with E-state index in [1.807, 2.05) is 12.1 Å². The maximum Gasteiger partial charge on any atom is 0.230 e. The first-order valence-corrected chi connectivity index (χ1v) is 6.46. The lowest BCUT2D eigenvalue weighted by atomic mass is 10.1. The number of halogens is 1. The van der Waals surface area contributed by atoms with E-state index in [-0.39, 0.29) is 17.8 Å². The van der Waals surface area contributed by atoms with Crippen LogP contribution in [0.3, 0.4) is 0 Å². The first-order valence-electron chi connectivity index (χ1n) is 6.08. The summed E-state index contributed by atoms with van der Waals surface area (Å²) < 4.78 is 0. The number of nitrogens with one attached hydrogen (secondary N) is 1. The number of nitrogens with zero attached hydrogens (tertiary/aromatic N) is 2. The van der Waals surface area contributed by atoms with E-state index in [4.69, 9.17) is 11.6 Å². The van der Waals surface area contributed by atoms with Crippen molar-refractivity contribution in [2.24, 2.45) is 5.92 Å². The number of fused-ring (bicyclic) bond motifs is 1. The minimum absolute atomic E-state index is 0.0556. The summed E-state index contributed by atoms with van der Waals surface area (Å²) >= 11 is 5.76. The zero-order valence-corrected chi connectivity index (χ0v) is 10.9. The first-order chi connectivity index (χ1) is 9.22. The Morgan fingerprint density at radius 3 is 2.53 bits per heavy atom. The maximum atomic E-state index is 12.2. The molecule has 1 aromatic heterocycles. The highest BCUT2D eigenvalue weighted by Gasteiger charge is 2.27. The number of benzene rings is 1. The zero-order chi connectivity index (χ0) is 13.2. The summed E-state index contributed by atoms with van der Waals surface area (Å²) in [5, 5.41) is 3.03. The van der Waals surface area contributed by atoms with Crippen molar-refractivity contribution in [3.8, 4) is 0 Å². The van der Waals surface area contributed by atoms with E-state index in [0.717, 1.165) is 12.8 Å². The fraction of sp³-hybridized carbons (Fsp3) is 0.214. The highest BCUT2D eigenvalue weighted by Crippen LogP contribution is 2.27. The van der Waals surface area contributed by atoms with Crippen LogP contribution in [0.25, 0.3) is 0 Å². The van der Waals surface area contributed by atoms with E-state index in [9.17, 15) is 4.79 Å². The fourth-order valence-electron chi connectivity index (χ4n) is 2.35. The van der Waals surface area contributed by atoms with Gasteiger partial charge in [0.15, 0.2) is 0 Å². The van der Waals surface area contributed by atoms with Crippen molar-refractivity contribution >= 4 is 23.5 Å². The van der Waals surface area contributed by atoms with Gasteiger partial charge in [-0.05, 0) is 30.0 Å². The Balaban J connectivity index is 1.70. The van der Waals surface area contributed by atoms with Gasteiger partial charge in [-0.15, -0.1) is 0 Å². The van der Waals surface area contributed by atoms with E-state index >= 15 is 0 Å². The van der Waals surface area contributed by atoms with E-state index in [1.54, 1.807) is 6.07 Å². The Bertz CT molecular complexity index is 605. The largest absolute Gasteiger partial charge is 0.294 e. The fourth-order valence-corrected chi connectivity index (χ4v) is 2.49. The third-order valence-corrected chi connectivity index (χ3v) is 3.49. The molecule has 2 aromatic rings. The van der Waals surface area contributed by atoms with Gasteiger partial charge in [0.1, 0.15) is 5.15 Å². The second-order valence-electron chi connectivity index (χ2n) is 4.57. The van der Waals surface area contributed by atoms with Crippen LogP contribution in [0, 0.1) is 5.92 Å². The first kappa shape index (κ1) is 12.1. The average molecular weight is 274 g/mol. The SMILES string of the molecule is O=C(Nc1nccc(Cl)n1)C1Cc2ccccc2C1. The van der Waals surface area contributed by atoms with Crippen LogP contribution in [0.4, 0.5) is 5.95 Å².